The molecule has 0 unspecified atom stereocenters. The number of aryl methyl sites for hydroxylation is 1. The summed E-state index contributed by atoms with van der Waals surface area (Å²) in [5, 5.41) is 4.58. The van der Waals surface area contributed by atoms with Crippen LogP contribution in [0.15, 0.2) is 65.5 Å². The van der Waals surface area contributed by atoms with E-state index in [4.69, 9.17) is 0 Å². The Morgan fingerprint density at radius 1 is 1.07 bits per heavy atom. The Morgan fingerprint density at radius 3 is 2.59 bits per heavy atom. The van der Waals surface area contributed by atoms with E-state index in [-0.39, 0.29) is 11.5 Å². The third-order valence-corrected chi connectivity index (χ3v) is 6.24. The summed E-state index contributed by atoms with van der Waals surface area (Å²) >= 11 is 1.38. The molecule has 29 heavy (non-hydrogen) atoms. The number of likely N-dealkylation sites (N-methyl/N-ethyl adjacent to an activating group) is 1. The third kappa shape index (κ3) is 3.95. The molecule has 0 saturated heterocycles. The highest BCUT2D eigenvalue weighted by Crippen LogP contribution is 2.30. The number of hydrogen-bond donors (Lipinski definition) is 1. The van der Waals surface area contributed by atoms with Crippen molar-refractivity contribution in [3.63, 3.8) is 0 Å². The van der Waals surface area contributed by atoms with Gasteiger partial charge in [-0.05, 0) is 24.7 Å². The number of para-hydroxylation sites is 1. The fourth-order valence-corrected chi connectivity index (χ4v) is 4.63. The monoisotopic (exact) mass is 405 g/mol. The van der Waals surface area contributed by atoms with Crippen molar-refractivity contribution >= 4 is 38.2 Å². The molecule has 5 nitrogen and oxygen atoms in total. The van der Waals surface area contributed by atoms with Crippen molar-refractivity contribution in [2.24, 2.45) is 7.05 Å². The van der Waals surface area contributed by atoms with Gasteiger partial charge >= 0.3 is 0 Å². The van der Waals surface area contributed by atoms with Gasteiger partial charge in [0, 0.05) is 36.8 Å². The van der Waals surface area contributed by atoms with Crippen molar-refractivity contribution in [1.82, 2.24) is 14.8 Å². The normalized spacial score (nSPS) is 11.4. The lowest BCUT2D eigenvalue weighted by Gasteiger charge is -2.16. The lowest BCUT2D eigenvalue weighted by Crippen LogP contribution is -2.32. The average Bonchev–Trinajstić information content (AvgIpc) is 3.19. The molecule has 0 saturated carbocycles. The highest BCUT2D eigenvalue weighted by atomic mass is 32.1. The summed E-state index contributed by atoms with van der Waals surface area (Å²) < 4.78 is 2.51. The standard InChI is InChI=1S/C23H23N3O2S/c1-25(15-16-8-4-3-5-9-16)13-12-24-22(27)20-14-18-21(29-20)17-10-6-7-11-19(17)26(2)23(18)28/h3-11,14H,12-13,15H2,1-2H3,(H,24,27). The van der Waals surface area contributed by atoms with E-state index in [1.807, 2.05) is 49.5 Å². The Bertz CT molecular complexity index is 1230. The van der Waals surface area contributed by atoms with Crippen LogP contribution >= 0.6 is 11.3 Å². The molecule has 0 bridgehead atoms. The minimum atomic E-state index is -0.134. The van der Waals surface area contributed by atoms with Crippen LogP contribution in [0.4, 0.5) is 0 Å². The lowest BCUT2D eigenvalue weighted by molar-refractivity contribution is 0.0953. The zero-order valence-electron chi connectivity index (χ0n) is 16.5. The van der Waals surface area contributed by atoms with Gasteiger partial charge in [-0.2, -0.15) is 0 Å². The number of amides is 1. The Morgan fingerprint density at radius 2 is 1.79 bits per heavy atom. The van der Waals surface area contributed by atoms with Gasteiger partial charge in [0.05, 0.1) is 15.8 Å². The summed E-state index contributed by atoms with van der Waals surface area (Å²) in [5.74, 6) is -0.134. The number of nitrogens with one attached hydrogen (secondary N) is 1. The molecule has 148 valence electrons. The SMILES string of the molecule is CN(CCNC(=O)c1cc2c(=O)n(C)c3ccccc3c2s1)Cc1ccccc1. The largest absolute Gasteiger partial charge is 0.350 e. The average molecular weight is 406 g/mol. The Labute approximate surface area is 173 Å². The molecule has 6 heteroatoms. The van der Waals surface area contributed by atoms with Crippen molar-refractivity contribution in [1.29, 1.82) is 0 Å². The summed E-state index contributed by atoms with van der Waals surface area (Å²) in [4.78, 5) is 28.1. The maximum absolute atomic E-state index is 12.7. The number of fused-ring (bicyclic) bond motifs is 3. The van der Waals surface area contributed by atoms with E-state index in [1.54, 1.807) is 17.7 Å². The first-order chi connectivity index (χ1) is 14.0. The molecule has 0 atom stereocenters. The van der Waals surface area contributed by atoms with Crippen molar-refractivity contribution in [3.8, 4) is 0 Å². The number of nitrogens with zero attached hydrogens (tertiary/aromatic N) is 2. The van der Waals surface area contributed by atoms with E-state index in [9.17, 15) is 9.59 Å². The minimum Gasteiger partial charge on any atom is -0.350 e. The van der Waals surface area contributed by atoms with Gasteiger partial charge in [-0.1, -0.05) is 48.5 Å². The number of hydrogen-bond acceptors (Lipinski definition) is 4. The molecule has 2 aromatic carbocycles. The van der Waals surface area contributed by atoms with E-state index >= 15 is 0 Å². The van der Waals surface area contributed by atoms with Gasteiger partial charge in [0.1, 0.15) is 0 Å². The van der Waals surface area contributed by atoms with Crippen LogP contribution in [0.25, 0.3) is 21.0 Å². The molecule has 0 aliphatic heterocycles. The molecule has 1 N–H and O–H groups in total. The van der Waals surface area contributed by atoms with Gasteiger partial charge in [-0.25, -0.2) is 0 Å². The second-order valence-corrected chi connectivity index (χ2v) is 8.27. The van der Waals surface area contributed by atoms with E-state index in [2.05, 4.69) is 22.3 Å². The number of carbonyl (C=O) groups excluding carboxylic acids is 1. The van der Waals surface area contributed by atoms with Gasteiger partial charge in [-0.15, -0.1) is 11.3 Å². The van der Waals surface area contributed by atoms with E-state index in [0.29, 0.717) is 16.8 Å². The molecule has 2 aromatic heterocycles. The van der Waals surface area contributed by atoms with E-state index in [1.165, 1.54) is 16.9 Å². The van der Waals surface area contributed by atoms with Crippen LogP contribution in [-0.4, -0.2) is 35.5 Å². The Kier molecular flexibility index (Phi) is 5.47. The van der Waals surface area contributed by atoms with Gasteiger partial charge in [0.25, 0.3) is 11.5 Å². The first kappa shape index (κ1) is 19.4. The third-order valence-electron chi connectivity index (χ3n) is 5.08. The molecule has 0 aliphatic carbocycles. The summed E-state index contributed by atoms with van der Waals surface area (Å²) in [6.07, 6.45) is 0. The summed E-state index contributed by atoms with van der Waals surface area (Å²) in [7, 11) is 3.80. The summed E-state index contributed by atoms with van der Waals surface area (Å²) in [6.45, 7) is 2.13. The van der Waals surface area contributed by atoms with Crippen molar-refractivity contribution < 1.29 is 4.79 Å². The Hall–Kier alpha value is -2.96. The quantitative estimate of drug-likeness (QED) is 0.533. The van der Waals surface area contributed by atoms with Crippen LogP contribution in [-0.2, 0) is 13.6 Å². The summed E-state index contributed by atoms with van der Waals surface area (Å²) in [6, 6.07) is 19.8. The predicted molar refractivity (Wildman–Crippen MR) is 120 cm³/mol. The first-order valence-corrected chi connectivity index (χ1v) is 10.4. The van der Waals surface area contributed by atoms with Crippen LogP contribution in [0.1, 0.15) is 15.2 Å². The number of pyridine rings is 1. The first-order valence-electron chi connectivity index (χ1n) is 9.56. The number of thiophene rings is 1. The van der Waals surface area contributed by atoms with Gasteiger partial charge in [-0.3, -0.25) is 9.59 Å². The molecule has 4 aromatic rings. The maximum Gasteiger partial charge on any atom is 0.261 e. The maximum atomic E-state index is 12.7. The molecule has 2 heterocycles. The van der Waals surface area contributed by atoms with Crippen LogP contribution < -0.4 is 10.9 Å². The topological polar surface area (TPSA) is 54.3 Å². The van der Waals surface area contributed by atoms with Crippen LogP contribution in [0.2, 0.25) is 0 Å². The smallest absolute Gasteiger partial charge is 0.261 e. The highest BCUT2D eigenvalue weighted by Gasteiger charge is 2.16. The number of aromatic nitrogens is 1. The molecule has 1 amide bonds. The predicted octanol–water partition coefficient (Wildman–Crippen LogP) is 3.62. The highest BCUT2D eigenvalue weighted by molar-refractivity contribution is 7.21. The summed E-state index contributed by atoms with van der Waals surface area (Å²) in [5.41, 5.74) is 2.05. The second-order valence-electron chi connectivity index (χ2n) is 7.21. The van der Waals surface area contributed by atoms with Crippen LogP contribution in [0, 0.1) is 0 Å². The van der Waals surface area contributed by atoms with Crippen molar-refractivity contribution in [2.75, 3.05) is 20.1 Å². The van der Waals surface area contributed by atoms with Crippen LogP contribution in [0.3, 0.4) is 0 Å². The molecule has 0 radical (unpaired) electrons. The molecule has 0 spiro atoms. The zero-order chi connectivity index (χ0) is 20.4. The van der Waals surface area contributed by atoms with E-state index < -0.39 is 0 Å². The molecular formula is C23H23N3O2S. The number of carbonyl (C=O) groups is 1. The minimum absolute atomic E-state index is 0.0726. The zero-order valence-corrected chi connectivity index (χ0v) is 17.3. The number of rotatable bonds is 6. The molecular weight excluding hydrogens is 382 g/mol. The van der Waals surface area contributed by atoms with Crippen LogP contribution in [0.5, 0.6) is 0 Å². The second kappa shape index (κ2) is 8.19. The Balaban J connectivity index is 1.47. The number of benzene rings is 2. The van der Waals surface area contributed by atoms with E-state index in [0.717, 1.165) is 28.7 Å². The lowest BCUT2D eigenvalue weighted by atomic mass is 10.2. The molecule has 0 aliphatic rings. The van der Waals surface area contributed by atoms with Crippen molar-refractivity contribution in [2.45, 2.75) is 6.54 Å². The fourth-order valence-electron chi connectivity index (χ4n) is 3.53. The molecule has 4 rings (SSSR count). The van der Waals surface area contributed by atoms with Gasteiger partial charge in [0.15, 0.2) is 0 Å². The van der Waals surface area contributed by atoms with Gasteiger partial charge in [0.2, 0.25) is 0 Å². The van der Waals surface area contributed by atoms with Gasteiger partial charge < -0.3 is 14.8 Å². The molecule has 0 fully saturated rings. The van der Waals surface area contributed by atoms with Crippen molar-refractivity contribution in [3.05, 3.63) is 81.5 Å². The fraction of sp³-hybridized carbons (Fsp3) is 0.217.